The summed E-state index contributed by atoms with van der Waals surface area (Å²) in [6.07, 6.45) is 8.30. The molecule has 1 aliphatic heterocycles. The van der Waals surface area contributed by atoms with Crippen molar-refractivity contribution in [3.8, 4) is 17.3 Å². The average molecular weight is 590 g/mol. The fourth-order valence-corrected chi connectivity index (χ4v) is 5.33. The summed E-state index contributed by atoms with van der Waals surface area (Å²) >= 11 is 0. The molecule has 1 saturated heterocycles. The number of ether oxygens (including phenoxy) is 2. The van der Waals surface area contributed by atoms with Gasteiger partial charge in [0.25, 0.3) is 0 Å². The number of rotatable bonds is 9. The number of halogens is 1. The maximum atomic E-state index is 15.3. The van der Waals surface area contributed by atoms with Crippen molar-refractivity contribution >= 4 is 21.9 Å². The van der Waals surface area contributed by atoms with Crippen molar-refractivity contribution in [2.75, 3.05) is 56.2 Å². The van der Waals surface area contributed by atoms with E-state index in [1.807, 2.05) is 51.3 Å². The third kappa shape index (κ3) is 7.59. The van der Waals surface area contributed by atoms with E-state index in [-0.39, 0.29) is 24.6 Å². The Balaban J connectivity index is 1.66. The van der Waals surface area contributed by atoms with Crippen LogP contribution in [-0.4, -0.2) is 98.2 Å². The Hall–Kier alpha value is -3.12. The first kappa shape index (κ1) is 30.8. The van der Waals surface area contributed by atoms with Crippen molar-refractivity contribution in [1.29, 1.82) is 0 Å². The molecule has 0 aromatic carbocycles. The van der Waals surface area contributed by atoms with Crippen LogP contribution < -0.4 is 4.90 Å². The normalized spacial score (nSPS) is 16.3. The molecule has 3 aromatic rings. The Morgan fingerprint density at radius 1 is 1.17 bits per heavy atom. The highest BCUT2D eigenvalue weighted by atomic mass is 32.3. The Morgan fingerprint density at radius 3 is 2.49 bits per heavy atom. The van der Waals surface area contributed by atoms with Gasteiger partial charge >= 0.3 is 6.09 Å². The van der Waals surface area contributed by atoms with Gasteiger partial charge in [0.05, 0.1) is 24.5 Å². The van der Waals surface area contributed by atoms with Crippen LogP contribution in [0.25, 0.3) is 17.3 Å². The molecule has 1 aliphatic rings. The minimum absolute atomic E-state index is 0.0534. The molecule has 1 atom stereocenters. The van der Waals surface area contributed by atoms with E-state index in [1.165, 1.54) is 10.9 Å². The summed E-state index contributed by atoms with van der Waals surface area (Å²) in [6.45, 7) is 11.5. The minimum atomic E-state index is -0.705. The average Bonchev–Trinajstić information content (AvgIpc) is 3.58. The molecular weight excluding hydrogens is 545 g/mol. The fraction of sp³-hybridized carbons (Fsp3) is 0.586. The molecule has 1 fully saturated rings. The Bertz CT molecular complexity index is 1360. The van der Waals surface area contributed by atoms with Crippen LogP contribution in [0, 0.1) is 19.7 Å². The first-order valence-corrected chi connectivity index (χ1v) is 16.9. The topological polar surface area (TPSA) is 90.5 Å². The van der Waals surface area contributed by atoms with E-state index in [1.54, 1.807) is 18.0 Å². The molecule has 226 valence electrons. The number of amides is 1. The highest BCUT2D eigenvalue weighted by Crippen LogP contribution is 2.34. The smallest absolute Gasteiger partial charge is 0.410 e. The van der Waals surface area contributed by atoms with E-state index < -0.39 is 21.4 Å². The lowest BCUT2D eigenvalue weighted by Gasteiger charge is -2.28. The number of aromatic nitrogens is 5. The summed E-state index contributed by atoms with van der Waals surface area (Å²) in [5.74, 6) is 1.58. The van der Waals surface area contributed by atoms with Crippen LogP contribution in [0.5, 0.6) is 0 Å². The van der Waals surface area contributed by atoms with Crippen LogP contribution in [0.15, 0.2) is 24.4 Å². The lowest BCUT2D eigenvalue weighted by molar-refractivity contribution is 0.0238. The number of likely N-dealkylation sites (N-methyl/N-ethyl adjacent to an activating group) is 1. The molecule has 0 bridgehead atoms. The van der Waals surface area contributed by atoms with Crippen LogP contribution in [0.3, 0.4) is 0 Å². The zero-order valence-corrected chi connectivity index (χ0v) is 26.6. The minimum Gasteiger partial charge on any atom is -0.444 e. The molecule has 41 heavy (non-hydrogen) atoms. The van der Waals surface area contributed by atoms with E-state index in [4.69, 9.17) is 19.4 Å². The van der Waals surface area contributed by atoms with Crippen LogP contribution >= 0.6 is 10.0 Å². The molecule has 12 heteroatoms. The predicted octanol–water partition coefficient (Wildman–Crippen LogP) is 5.00. The van der Waals surface area contributed by atoms with Crippen LogP contribution in [-0.2, 0) is 16.2 Å². The maximum Gasteiger partial charge on any atom is 0.410 e. The van der Waals surface area contributed by atoms with Gasteiger partial charge in [-0.15, -0.1) is 0 Å². The number of carbonyl (C=O) groups is 1. The van der Waals surface area contributed by atoms with Crippen molar-refractivity contribution in [2.45, 2.75) is 59.4 Å². The molecule has 10 nitrogen and oxygen atoms in total. The SMILES string of the molecule is Cc1ccc(C)n1-c1nc(-c2c(F)cnn2COCCS(C)(C)C)cc(N2CC[C@@H](N(C)C(=O)OC(C)(C)C)C2)n1. The van der Waals surface area contributed by atoms with Gasteiger partial charge in [-0.05, 0) is 71.9 Å². The third-order valence-electron chi connectivity index (χ3n) is 6.98. The number of aryl methyl sites for hydroxylation is 2. The lowest BCUT2D eigenvalue weighted by atomic mass is 10.2. The zero-order chi connectivity index (χ0) is 30.1. The summed E-state index contributed by atoms with van der Waals surface area (Å²) in [5.41, 5.74) is 2.04. The van der Waals surface area contributed by atoms with Crippen LogP contribution in [0.4, 0.5) is 15.0 Å². The molecule has 0 N–H and O–H groups in total. The van der Waals surface area contributed by atoms with Gasteiger partial charge < -0.3 is 19.3 Å². The molecule has 3 aromatic heterocycles. The number of carbonyl (C=O) groups excluding carboxylic acids is 1. The summed E-state index contributed by atoms with van der Waals surface area (Å²) in [4.78, 5) is 26.2. The standard InChI is InChI=1S/C29H44FN7O3S/c1-20-10-11-21(2)37(20)27-32-24(26-23(30)17-31-36(26)19-39-14-15-41(7,8)9)16-25(33-27)35-13-12-22(18-35)34(6)28(38)40-29(3,4)5/h10-11,16-17,22H,12-15,18-19H2,1-9H3/t22-/m1/s1. The van der Waals surface area contributed by atoms with Crippen molar-refractivity contribution in [1.82, 2.24) is 29.2 Å². The molecule has 1 amide bonds. The van der Waals surface area contributed by atoms with Gasteiger partial charge in [0.1, 0.15) is 23.8 Å². The second-order valence-corrected chi connectivity index (χ2v) is 17.1. The van der Waals surface area contributed by atoms with Crippen molar-refractivity contribution in [3.63, 3.8) is 0 Å². The highest BCUT2D eigenvalue weighted by molar-refractivity contribution is 8.32. The molecular formula is C29H44FN7O3S. The quantitative estimate of drug-likeness (QED) is 0.325. The summed E-state index contributed by atoms with van der Waals surface area (Å²) in [5, 5.41) is 4.25. The highest BCUT2D eigenvalue weighted by Gasteiger charge is 2.32. The molecule has 0 radical (unpaired) electrons. The van der Waals surface area contributed by atoms with Gasteiger partial charge in [-0.25, -0.2) is 28.9 Å². The number of hydrogen-bond donors (Lipinski definition) is 0. The summed E-state index contributed by atoms with van der Waals surface area (Å²) < 4.78 is 30.2. The second-order valence-electron chi connectivity index (χ2n) is 12.5. The fourth-order valence-electron chi connectivity index (χ4n) is 4.71. The van der Waals surface area contributed by atoms with E-state index in [0.29, 0.717) is 37.2 Å². The van der Waals surface area contributed by atoms with Gasteiger partial charge in [-0.1, -0.05) is 0 Å². The summed E-state index contributed by atoms with van der Waals surface area (Å²) in [6, 6.07) is 5.75. The zero-order valence-electron chi connectivity index (χ0n) is 25.8. The Morgan fingerprint density at radius 2 is 1.85 bits per heavy atom. The van der Waals surface area contributed by atoms with E-state index >= 15 is 4.39 Å². The van der Waals surface area contributed by atoms with Gasteiger partial charge in [-0.3, -0.25) is 4.57 Å². The first-order chi connectivity index (χ1) is 19.1. The Labute approximate surface area is 244 Å². The van der Waals surface area contributed by atoms with E-state index in [9.17, 15) is 4.79 Å². The number of hydrogen-bond acceptors (Lipinski definition) is 7. The van der Waals surface area contributed by atoms with Gasteiger partial charge in [-0.2, -0.15) is 10.1 Å². The maximum absolute atomic E-state index is 15.3. The van der Waals surface area contributed by atoms with Crippen molar-refractivity contribution in [2.24, 2.45) is 0 Å². The lowest BCUT2D eigenvalue weighted by Crippen LogP contribution is -2.42. The van der Waals surface area contributed by atoms with Crippen molar-refractivity contribution < 1.29 is 18.7 Å². The molecule has 0 spiro atoms. The van der Waals surface area contributed by atoms with Gasteiger partial charge in [0.2, 0.25) is 5.95 Å². The third-order valence-corrected chi connectivity index (χ3v) is 8.37. The molecule has 0 saturated carbocycles. The molecule has 4 rings (SSSR count). The second kappa shape index (κ2) is 12.0. The molecule has 0 aliphatic carbocycles. The van der Waals surface area contributed by atoms with Crippen LogP contribution in [0.1, 0.15) is 38.6 Å². The Kier molecular flexibility index (Phi) is 9.03. The number of anilines is 1. The van der Waals surface area contributed by atoms with Gasteiger partial charge in [0, 0.05) is 43.3 Å². The molecule has 0 unspecified atom stereocenters. The number of nitrogens with zero attached hydrogens (tertiary/aromatic N) is 7. The predicted molar refractivity (Wildman–Crippen MR) is 163 cm³/mol. The monoisotopic (exact) mass is 589 g/mol. The van der Waals surface area contributed by atoms with Gasteiger partial charge in [0.15, 0.2) is 5.82 Å². The first-order valence-electron chi connectivity index (χ1n) is 13.8. The van der Waals surface area contributed by atoms with E-state index in [2.05, 4.69) is 28.8 Å². The molecule has 4 heterocycles. The van der Waals surface area contributed by atoms with Crippen LogP contribution in [0.2, 0.25) is 0 Å². The van der Waals surface area contributed by atoms with E-state index in [0.717, 1.165) is 23.6 Å². The largest absolute Gasteiger partial charge is 0.444 e. The summed E-state index contributed by atoms with van der Waals surface area (Å²) in [7, 11) is 1.06. The van der Waals surface area contributed by atoms with Crippen molar-refractivity contribution in [3.05, 3.63) is 41.6 Å².